The van der Waals surface area contributed by atoms with E-state index >= 15 is 0 Å². The van der Waals surface area contributed by atoms with Gasteiger partial charge in [0.1, 0.15) is 5.82 Å². The number of benzene rings is 1. The summed E-state index contributed by atoms with van der Waals surface area (Å²) in [6.45, 7) is 3.69. The molecule has 1 aromatic heterocycles. The first-order valence-corrected chi connectivity index (χ1v) is 5.42. The van der Waals surface area contributed by atoms with E-state index < -0.39 is 5.97 Å². The molecule has 0 spiro atoms. The van der Waals surface area contributed by atoms with Gasteiger partial charge >= 0.3 is 5.97 Å². The normalized spacial score (nSPS) is 10.5. The lowest BCUT2D eigenvalue weighted by Gasteiger charge is -2.08. The predicted octanol–water partition coefficient (Wildman–Crippen LogP) is 2.84. The van der Waals surface area contributed by atoms with Gasteiger partial charge in [0.2, 0.25) is 0 Å². The molecule has 17 heavy (non-hydrogen) atoms. The van der Waals surface area contributed by atoms with Crippen molar-refractivity contribution in [1.29, 1.82) is 0 Å². The lowest BCUT2D eigenvalue weighted by molar-refractivity contribution is 0.0691. The summed E-state index contributed by atoms with van der Waals surface area (Å²) in [5.41, 5.74) is 1.88. The van der Waals surface area contributed by atoms with Crippen LogP contribution in [0.25, 0.3) is 5.69 Å². The van der Waals surface area contributed by atoms with Crippen LogP contribution in [0.4, 0.5) is 0 Å². The van der Waals surface area contributed by atoms with Gasteiger partial charge in [0, 0.05) is 11.2 Å². The van der Waals surface area contributed by atoms with E-state index in [2.05, 4.69) is 4.98 Å². The summed E-state index contributed by atoms with van der Waals surface area (Å²) in [7, 11) is 0. The Morgan fingerprint density at radius 2 is 2.12 bits per heavy atom. The number of aromatic carboxylic acids is 1. The number of carboxylic acid groups (broad SMARTS) is 1. The Kier molecular flexibility index (Phi) is 2.90. The van der Waals surface area contributed by atoms with E-state index in [-0.39, 0.29) is 5.69 Å². The summed E-state index contributed by atoms with van der Waals surface area (Å²) in [4.78, 5) is 14.8. The van der Waals surface area contributed by atoms with E-state index in [9.17, 15) is 4.79 Å². The maximum atomic E-state index is 10.8. The van der Waals surface area contributed by atoms with E-state index in [4.69, 9.17) is 16.7 Å². The molecule has 1 aromatic carbocycles. The number of halogens is 1. The van der Waals surface area contributed by atoms with Gasteiger partial charge in [-0.1, -0.05) is 17.7 Å². The van der Waals surface area contributed by atoms with Gasteiger partial charge in [-0.15, -0.1) is 0 Å². The van der Waals surface area contributed by atoms with Crippen LogP contribution in [0, 0.1) is 13.8 Å². The predicted molar refractivity (Wildman–Crippen MR) is 65.0 cm³/mol. The highest BCUT2D eigenvalue weighted by molar-refractivity contribution is 6.30. The van der Waals surface area contributed by atoms with Crippen LogP contribution >= 0.6 is 11.6 Å². The molecule has 4 nitrogen and oxygen atoms in total. The van der Waals surface area contributed by atoms with E-state index in [0.717, 1.165) is 11.3 Å². The summed E-state index contributed by atoms with van der Waals surface area (Å²) >= 11 is 5.94. The van der Waals surface area contributed by atoms with Crippen molar-refractivity contribution >= 4 is 17.6 Å². The van der Waals surface area contributed by atoms with Crippen LogP contribution in [0.2, 0.25) is 5.02 Å². The Morgan fingerprint density at radius 1 is 1.41 bits per heavy atom. The lowest BCUT2D eigenvalue weighted by Crippen LogP contribution is -1.98. The largest absolute Gasteiger partial charge is 0.476 e. The Morgan fingerprint density at radius 3 is 2.71 bits per heavy atom. The van der Waals surface area contributed by atoms with Crippen LogP contribution in [-0.4, -0.2) is 20.6 Å². The maximum Gasteiger partial charge on any atom is 0.356 e. The summed E-state index contributed by atoms with van der Waals surface area (Å²) in [5.74, 6) is -0.417. The van der Waals surface area contributed by atoms with Crippen molar-refractivity contribution in [2.75, 3.05) is 0 Å². The third kappa shape index (κ3) is 2.17. The van der Waals surface area contributed by atoms with Gasteiger partial charge in [0.15, 0.2) is 5.69 Å². The van der Waals surface area contributed by atoms with Crippen molar-refractivity contribution < 1.29 is 9.90 Å². The molecular formula is C12H11ClN2O2. The Balaban J connectivity index is 2.60. The highest BCUT2D eigenvalue weighted by Gasteiger charge is 2.12. The van der Waals surface area contributed by atoms with Gasteiger partial charge in [-0.2, -0.15) is 0 Å². The number of carbonyl (C=O) groups is 1. The molecule has 2 rings (SSSR count). The molecule has 88 valence electrons. The fraction of sp³-hybridized carbons (Fsp3) is 0.167. The van der Waals surface area contributed by atoms with Crippen molar-refractivity contribution in [3.63, 3.8) is 0 Å². The number of nitrogens with zero attached hydrogens (tertiary/aromatic N) is 2. The average molecular weight is 251 g/mol. The van der Waals surface area contributed by atoms with E-state index in [1.807, 2.05) is 13.0 Å². The van der Waals surface area contributed by atoms with Crippen LogP contribution < -0.4 is 0 Å². The number of aromatic nitrogens is 2. The van der Waals surface area contributed by atoms with Gasteiger partial charge in [0.05, 0.1) is 5.69 Å². The molecule has 0 saturated heterocycles. The Bertz CT molecular complexity index is 590. The molecule has 1 N–H and O–H groups in total. The monoisotopic (exact) mass is 250 g/mol. The first kappa shape index (κ1) is 11.7. The summed E-state index contributed by atoms with van der Waals surface area (Å²) in [6, 6.07) is 5.47. The summed E-state index contributed by atoms with van der Waals surface area (Å²) < 4.78 is 1.73. The van der Waals surface area contributed by atoms with E-state index in [1.165, 1.54) is 6.20 Å². The third-order valence-electron chi connectivity index (χ3n) is 2.53. The highest BCUT2D eigenvalue weighted by atomic mass is 35.5. The first-order valence-electron chi connectivity index (χ1n) is 5.05. The number of imidazole rings is 1. The van der Waals surface area contributed by atoms with Gasteiger partial charge in [-0.05, 0) is 31.5 Å². The van der Waals surface area contributed by atoms with Crippen LogP contribution in [-0.2, 0) is 0 Å². The number of rotatable bonds is 2. The molecule has 0 fully saturated rings. The molecule has 1 heterocycles. The molecule has 0 saturated carbocycles. The Labute approximate surface area is 103 Å². The standard InChI is InChI=1S/C12H11ClN2O2/c1-7-3-4-9(13)5-11(7)15-6-10(12(16)17)14-8(15)2/h3-6H,1-2H3,(H,16,17). The molecule has 0 atom stereocenters. The number of aryl methyl sites for hydroxylation is 2. The lowest BCUT2D eigenvalue weighted by atomic mass is 10.2. The molecule has 5 heteroatoms. The fourth-order valence-electron chi connectivity index (χ4n) is 1.66. The molecule has 2 aromatic rings. The molecule has 0 amide bonds. The van der Waals surface area contributed by atoms with Crippen molar-refractivity contribution in [2.45, 2.75) is 13.8 Å². The molecular weight excluding hydrogens is 240 g/mol. The summed E-state index contributed by atoms with van der Waals surface area (Å²) in [5, 5.41) is 9.50. The average Bonchev–Trinajstić information content (AvgIpc) is 2.64. The van der Waals surface area contributed by atoms with Gasteiger partial charge in [0.25, 0.3) is 0 Å². The zero-order chi connectivity index (χ0) is 12.6. The van der Waals surface area contributed by atoms with Crippen LogP contribution in [0.3, 0.4) is 0 Å². The summed E-state index contributed by atoms with van der Waals surface area (Å²) in [6.07, 6.45) is 1.50. The number of carboxylic acids is 1. The molecule has 0 aliphatic heterocycles. The minimum absolute atomic E-state index is 0.0295. The van der Waals surface area contributed by atoms with Gasteiger partial charge in [-0.3, -0.25) is 0 Å². The van der Waals surface area contributed by atoms with Crippen LogP contribution in [0.5, 0.6) is 0 Å². The third-order valence-corrected chi connectivity index (χ3v) is 2.77. The molecule has 0 unspecified atom stereocenters. The highest BCUT2D eigenvalue weighted by Crippen LogP contribution is 2.21. The van der Waals surface area contributed by atoms with E-state index in [0.29, 0.717) is 10.8 Å². The second-order valence-corrected chi connectivity index (χ2v) is 4.22. The van der Waals surface area contributed by atoms with Gasteiger partial charge < -0.3 is 9.67 Å². The second-order valence-electron chi connectivity index (χ2n) is 3.78. The topological polar surface area (TPSA) is 55.1 Å². The minimum Gasteiger partial charge on any atom is -0.476 e. The molecule has 0 bridgehead atoms. The SMILES string of the molecule is Cc1ccc(Cl)cc1-n1cc(C(=O)O)nc1C. The number of hydrogen-bond acceptors (Lipinski definition) is 2. The van der Waals surface area contributed by atoms with Crippen molar-refractivity contribution in [1.82, 2.24) is 9.55 Å². The fourth-order valence-corrected chi connectivity index (χ4v) is 1.83. The molecule has 0 radical (unpaired) electrons. The van der Waals surface area contributed by atoms with Crippen molar-refractivity contribution in [2.24, 2.45) is 0 Å². The molecule has 0 aliphatic carbocycles. The number of hydrogen-bond donors (Lipinski definition) is 1. The van der Waals surface area contributed by atoms with Crippen LogP contribution in [0.1, 0.15) is 21.9 Å². The first-order chi connectivity index (χ1) is 7.99. The zero-order valence-corrected chi connectivity index (χ0v) is 10.2. The smallest absolute Gasteiger partial charge is 0.356 e. The molecule has 0 aliphatic rings. The second kappa shape index (κ2) is 4.22. The Hall–Kier alpha value is -1.81. The quantitative estimate of drug-likeness (QED) is 0.892. The van der Waals surface area contributed by atoms with E-state index in [1.54, 1.807) is 23.6 Å². The maximum absolute atomic E-state index is 10.8. The van der Waals surface area contributed by atoms with Gasteiger partial charge in [-0.25, -0.2) is 9.78 Å². The van der Waals surface area contributed by atoms with Crippen molar-refractivity contribution in [3.8, 4) is 5.69 Å². The zero-order valence-electron chi connectivity index (χ0n) is 9.44. The van der Waals surface area contributed by atoms with Crippen LogP contribution in [0.15, 0.2) is 24.4 Å². The minimum atomic E-state index is -1.04. The van der Waals surface area contributed by atoms with Crippen molar-refractivity contribution in [3.05, 3.63) is 46.5 Å².